The molecule has 0 saturated carbocycles. The van der Waals surface area contributed by atoms with Crippen molar-refractivity contribution in [2.24, 2.45) is 5.41 Å². The van der Waals surface area contributed by atoms with E-state index in [1.165, 1.54) is 18.2 Å². The van der Waals surface area contributed by atoms with Crippen LogP contribution < -0.4 is 0 Å². The molecule has 0 aliphatic carbocycles. The van der Waals surface area contributed by atoms with Crippen LogP contribution in [0.1, 0.15) is 27.7 Å². The number of sulfone groups is 1. The van der Waals surface area contributed by atoms with Crippen LogP contribution in [0.5, 0.6) is 0 Å². The summed E-state index contributed by atoms with van der Waals surface area (Å²) in [5.41, 5.74) is -0.207. The molecule has 1 aromatic carbocycles. The zero-order valence-corrected chi connectivity index (χ0v) is 13.1. The van der Waals surface area contributed by atoms with Crippen LogP contribution in [0.2, 0.25) is 0 Å². The van der Waals surface area contributed by atoms with Crippen molar-refractivity contribution in [1.82, 2.24) is 0 Å². The van der Waals surface area contributed by atoms with Gasteiger partial charge in [-0.3, -0.25) is 0 Å². The molecule has 0 bridgehead atoms. The maximum absolute atomic E-state index is 12.0. The highest BCUT2D eigenvalue weighted by atomic mass is 32.2. The molecule has 0 unspecified atom stereocenters. The Morgan fingerprint density at radius 1 is 1.25 bits per heavy atom. The summed E-state index contributed by atoms with van der Waals surface area (Å²) in [6.45, 7) is 8.37. The maximum atomic E-state index is 12.0. The first kappa shape index (κ1) is 16.3. The predicted molar refractivity (Wildman–Crippen MR) is 80.6 cm³/mol. The van der Waals surface area contributed by atoms with Crippen molar-refractivity contribution in [1.29, 1.82) is 0 Å². The second-order valence-corrected chi connectivity index (χ2v) is 6.94. The minimum atomic E-state index is -3.58. The van der Waals surface area contributed by atoms with E-state index < -0.39 is 9.84 Å². The van der Waals surface area contributed by atoms with Crippen LogP contribution in [0.4, 0.5) is 0 Å². The van der Waals surface area contributed by atoms with Gasteiger partial charge in [0.15, 0.2) is 0 Å². The summed E-state index contributed by atoms with van der Waals surface area (Å²) in [5.74, 6) is 3.27. The van der Waals surface area contributed by atoms with E-state index in [4.69, 9.17) is 4.74 Å². The van der Waals surface area contributed by atoms with Crippen LogP contribution >= 0.6 is 0 Å². The minimum absolute atomic E-state index is 0.203. The third kappa shape index (κ3) is 4.75. The molecule has 0 heterocycles. The van der Waals surface area contributed by atoms with Gasteiger partial charge in [-0.1, -0.05) is 44.9 Å². The van der Waals surface area contributed by atoms with Gasteiger partial charge in [-0.15, -0.1) is 0 Å². The highest BCUT2D eigenvalue weighted by Gasteiger charge is 2.17. The molecule has 1 aromatic rings. The summed E-state index contributed by atoms with van der Waals surface area (Å²) in [7, 11) is -3.58. The molecular formula is C16H20O3S. The van der Waals surface area contributed by atoms with Crippen molar-refractivity contribution in [3.63, 3.8) is 0 Å². The van der Waals surface area contributed by atoms with Gasteiger partial charge in [0.25, 0.3) is 0 Å². The molecule has 108 valence electrons. The maximum Gasteiger partial charge on any atom is 0.245 e. The Balaban J connectivity index is 3.05. The molecule has 0 radical (unpaired) electrons. The lowest BCUT2D eigenvalue weighted by molar-refractivity contribution is 0.164. The quantitative estimate of drug-likeness (QED) is 0.487. The Kier molecular flexibility index (Phi) is 5.41. The molecule has 0 N–H and O–H groups in total. The van der Waals surface area contributed by atoms with Gasteiger partial charge in [0, 0.05) is 16.7 Å². The van der Waals surface area contributed by atoms with Gasteiger partial charge >= 0.3 is 0 Å². The topological polar surface area (TPSA) is 43.4 Å². The summed E-state index contributed by atoms with van der Waals surface area (Å²) < 4.78 is 29.4. The Morgan fingerprint density at radius 3 is 2.35 bits per heavy atom. The van der Waals surface area contributed by atoms with Gasteiger partial charge in [0.2, 0.25) is 9.84 Å². The molecule has 0 aliphatic rings. The first-order chi connectivity index (χ1) is 9.27. The SMILES string of the molecule is CCO/C(=C\C#CS(=O)(=O)c1ccccc1)C(C)(C)C. The number of benzene rings is 1. The van der Waals surface area contributed by atoms with Crippen LogP contribution in [0, 0.1) is 16.6 Å². The fourth-order valence-electron chi connectivity index (χ4n) is 1.46. The molecule has 0 fully saturated rings. The smallest absolute Gasteiger partial charge is 0.245 e. The summed E-state index contributed by atoms with van der Waals surface area (Å²) in [5, 5.41) is 2.30. The van der Waals surface area contributed by atoms with Crippen LogP contribution in [-0.4, -0.2) is 15.0 Å². The Hall–Kier alpha value is -1.73. The van der Waals surface area contributed by atoms with Crippen LogP contribution in [0.15, 0.2) is 47.1 Å². The Labute approximate surface area is 121 Å². The first-order valence-corrected chi connectivity index (χ1v) is 7.91. The molecule has 0 aromatic heterocycles. The lowest BCUT2D eigenvalue weighted by atomic mass is 9.93. The molecule has 0 saturated heterocycles. The van der Waals surface area contributed by atoms with E-state index in [1.807, 2.05) is 27.7 Å². The monoisotopic (exact) mass is 292 g/mol. The fraction of sp³-hybridized carbons (Fsp3) is 0.375. The van der Waals surface area contributed by atoms with Crippen molar-refractivity contribution in [3.05, 3.63) is 42.2 Å². The molecular weight excluding hydrogens is 272 g/mol. The van der Waals surface area contributed by atoms with Crippen molar-refractivity contribution in [2.75, 3.05) is 6.61 Å². The average Bonchev–Trinajstić information content (AvgIpc) is 2.37. The number of rotatable bonds is 3. The van der Waals surface area contributed by atoms with Crippen LogP contribution in [-0.2, 0) is 14.6 Å². The largest absolute Gasteiger partial charge is 0.497 e. The second-order valence-electron chi connectivity index (χ2n) is 5.25. The Morgan fingerprint density at radius 2 is 1.85 bits per heavy atom. The lowest BCUT2D eigenvalue weighted by Gasteiger charge is -2.21. The second kappa shape index (κ2) is 6.62. The van der Waals surface area contributed by atoms with Crippen molar-refractivity contribution >= 4 is 9.84 Å². The third-order valence-corrected chi connectivity index (χ3v) is 3.77. The van der Waals surface area contributed by atoms with Crippen molar-refractivity contribution in [2.45, 2.75) is 32.6 Å². The standard InChI is InChI=1S/C16H20O3S/c1-5-19-15(16(2,3)4)12-9-13-20(17,18)14-10-7-6-8-11-14/h6-8,10-12H,5H2,1-4H3/b15-12-. The zero-order chi connectivity index (χ0) is 15.2. The Bertz CT molecular complexity index is 624. The highest BCUT2D eigenvalue weighted by molar-refractivity contribution is 7.96. The third-order valence-electron chi connectivity index (χ3n) is 2.49. The van der Waals surface area contributed by atoms with E-state index >= 15 is 0 Å². The average molecular weight is 292 g/mol. The van der Waals surface area contributed by atoms with Gasteiger partial charge in [-0.25, -0.2) is 8.42 Å². The summed E-state index contributed by atoms with van der Waals surface area (Å²) in [6, 6.07) is 8.16. The van der Waals surface area contributed by atoms with Gasteiger partial charge < -0.3 is 4.74 Å². The molecule has 0 amide bonds. The van der Waals surface area contributed by atoms with Gasteiger partial charge in [0.05, 0.1) is 11.5 Å². The number of hydrogen-bond donors (Lipinski definition) is 0. The van der Waals surface area contributed by atoms with Gasteiger partial charge in [-0.05, 0) is 19.1 Å². The van der Waals surface area contributed by atoms with E-state index in [9.17, 15) is 8.42 Å². The molecule has 4 heteroatoms. The number of ether oxygens (including phenoxy) is 1. The molecule has 1 rings (SSSR count). The molecule has 20 heavy (non-hydrogen) atoms. The molecule has 0 atom stereocenters. The fourth-order valence-corrected chi connectivity index (χ4v) is 2.31. The summed E-state index contributed by atoms with van der Waals surface area (Å²) >= 11 is 0. The molecule has 0 spiro atoms. The highest BCUT2D eigenvalue weighted by Crippen LogP contribution is 2.25. The van der Waals surface area contributed by atoms with Crippen LogP contribution in [0.3, 0.4) is 0 Å². The zero-order valence-electron chi connectivity index (χ0n) is 12.3. The van der Waals surface area contributed by atoms with Crippen molar-refractivity contribution < 1.29 is 13.2 Å². The van der Waals surface area contributed by atoms with E-state index in [-0.39, 0.29) is 10.3 Å². The van der Waals surface area contributed by atoms with Crippen molar-refractivity contribution in [3.8, 4) is 11.2 Å². The first-order valence-electron chi connectivity index (χ1n) is 6.43. The van der Waals surface area contributed by atoms with E-state index in [1.54, 1.807) is 18.2 Å². The number of allylic oxidation sites excluding steroid dienone is 2. The minimum Gasteiger partial charge on any atom is -0.497 e. The van der Waals surface area contributed by atoms with Crippen LogP contribution in [0.25, 0.3) is 0 Å². The summed E-state index contributed by atoms with van der Waals surface area (Å²) in [6.07, 6.45) is 1.53. The van der Waals surface area contributed by atoms with E-state index in [2.05, 4.69) is 11.2 Å². The molecule has 0 aliphatic heterocycles. The van der Waals surface area contributed by atoms with Gasteiger partial charge in [-0.2, -0.15) is 0 Å². The normalized spacial score (nSPS) is 12.5. The lowest BCUT2D eigenvalue weighted by Crippen LogP contribution is -2.12. The van der Waals surface area contributed by atoms with E-state index in [0.29, 0.717) is 12.4 Å². The van der Waals surface area contributed by atoms with Gasteiger partial charge in [0.1, 0.15) is 5.76 Å². The number of hydrogen-bond acceptors (Lipinski definition) is 3. The van der Waals surface area contributed by atoms with E-state index in [0.717, 1.165) is 0 Å². The predicted octanol–water partition coefficient (Wildman–Crippen LogP) is 3.39. The molecule has 3 nitrogen and oxygen atoms in total. The summed E-state index contributed by atoms with van der Waals surface area (Å²) in [4.78, 5) is 0.203.